The number of benzene rings is 2. The highest BCUT2D eigenvalue weighted by Gasteiger charge is 2.40. The van der Waals surface area contributed by atoms with Crippen molar-refractivity contribution < 1.29 is 28.3 Å². The number of rotatable bonds is 5. The van der Waals surface area contributed by atoms with Gasteiger partial charge in [0.25, 0.3) is 5.91 Å². The maximum absolute atomic E-state index is 13.1. The maximum atomic E-state index is 13.1. The number of carbonyl (C=O) groups is 4. The summed E-state index contributed by atoms with van der Waals surface area (Å²) >= 11 is 0. The number of halogens is 1. The first-order valence-electron chi connectivity index (χ1n) is 8.66. The number of hydrogen-bond acceptors (Lipinski definition) is 6. The molecule has 3 rings (SSSR count). The Morgan fingerprint density at radius 1 is 1.14 bits per heavy atom. The molecule has 0 saturated carbocycles. The van der Waals surface area contributed by atoms with Gasteiger partial charge in [-0.05, 0) is 55.5 Å². The van der Waals surface area contributed by atoms with Crippen molar-refractivity contribution in [2.75, 3.05) is 11.5 Å². The van der Waals surface area contributed by atoms with Gasteiger partial charge in [-0.3, -0.25) is 19.9 Å². The van der Waals surface area contributed by atoms with E-state index in [4.69, 9.17) is 4.74 Å². The van der Waals surface area contributed by atoms with Crippen LogP contribution in [0.15, 0.2) is 53.5 Å². The summed E-state index contributed by atoms with van der Waals surface area (Å²) in [6.45, 7) is 1.95. The maximum Gasteiger partial charge on any atom is 0.338 e. The molecular formula is C20H16FN3O5. The van der Waals surface area contributed by atoms with Crippen LogP contribution in [0, 0.1) is 11.7 Å². The van der Waals surface area contributed by atoms with Crippen LogP contribution in [0.1, 0.15) is 17.3 Å². The van der Waals surface area contributed by atoms with Crippen LogP contribution in [0.4, 0.5) is 20.6 Å². The summed E-state index contributed by atoms with van der Waals surface area (Å²) in [6, 6.07) is 9.84. The van der Waals surface area contributed by atoms with E-state index in [0.717, 1.165) is 23.2 Å². The van der Waals surface area contributed by atoms with E-state index in [1.807, 2.05) is 0 Å². The van der Waals surface area contributed by atoms with E-state index in [0.29, 0.717) is 11.3 Å². The minimum absolute atomic E-state index is 0.124. The standard InChI is InChI=1S/C20H16FN3O5/c1-2-29-19(27)12-3-7-14(8-4-12)22-11-16-17(25)23-20(28)24(18(16)26)15-9-5-13(21)6-10-15/h3-11,16H,2H2,1H3,(H,23,25,28)/t16-/m0/s1. The second-order valence-corrected chi connectivity index (χ2v) is 5.97. The largest absolute Gasteiger partial charge is 0.462 e. The number of barbiturate groups is 1. The summed E-state index contributed by atoms with van der Waals surface area (Å²) in [4.78, 5) is 53.3. The van der Waals surface area contributed by atoms with Gasteiger partial charge >= 0.3 is 12.0 Å². The summed E-state index contributed by atoms with van der Waals surface area (Å²) in [5.41, 5.74) is 0.854. The van der Waals surface area contributed by atoms with Crippen LogP contribution < -0.4 is 10.2 Å². The second-order valence-electron chi connectivity index (χ2n) is 5.97. The van der Waals surface area contributed by atoms with Crippen molar-refractivity contribution >= 4 is 41.4 Å². The van der Waals surface area contributed by atoms with Crippen LogP contribution in [-0.2, 0) is 14.3 Å². The molecule has 0 aliphatic carbocycles. The number of anilines is 1. The molecule has 148 valence electrons. The molecule has 1 N–H and O–H groups in total. The molecule has 1 saturated heterocycles. The Balaban J connectivity index is 1.79. The van der Waals surface area contributed by atoms with Gasteiger partial charge < -0.3 is 4.74 Å². The van der Waals surface area contributed by atoms with Gasteiger partial charge in [-0.1, -0.05) is 0 Å². The van der Waals surface area contributed by atoms with Gasteiger partial charge in [0, 0.05) is 6.21 Å². The van der Waals surface area contributed by atoms with Gasteiger partial charge in [0.15, 0.2) is 5.92 Å². The molecule has 1 aliphatic rings. The Morgan fingerprint density at radius 3 is 2.41 bits per heavy atom. The Hall–Kier alpha value is -3.88. The number of hydrogen-bond donors (Lipinski definition) is 1. The third-order valence-corrected chi connectivity index (χ3v) is 4.04. The fourth-order valence-corrected chi connectivity index (χ4v) is 2.62. The van der Waals surface area contributed by atoms with Crippen LogP contribution >= 0.6 is 0 Å². The topological polar surface area (TPSA) is 105 Å². The van der Waals surface area contributed by atoms with Crippen LogP contribution in [-0.4, -0.2) is 36.6 Å². The number of amides is 4. The van der Waals surface area contributed by atoms with E-state index in [9.17, 15) is 23.6 Å². The Kier molecular flexibility index (Phi) is 5.77. The zero-order valence-corrected chi connectivity index (χ0v) is 15.3. The van der Waals surface area contributed by atoms with Crippen molar-refractivity contribution in [3.63, 3.8) is 0 Å². The SMILES string of the molecule is CCOC(=O)c1ccc(N=C[C@H]2C(=O)NC(=O)N(c3ccc(F)cc3)C2=O)cc1. The van der Waals surface area contributed by atoms with Crippen molar-refractivity contribution in [1.82, 2.24) is 5.32 Å². The van der Waals surface area contributed by atoms with Gasteiger partial charge in [-0.2, -0.15) is 0 Å². The molecule has 0 aromatic heterocycles. The molecule has 1 heterocycles. The van der Waals surface area contributed by atoms with Crippen LogP contribution in [0.3, 0.4) is 0 Å². The van der Waals surface area contributed by atoms with Crippen molar-refractivity contribution in [3.05, 3.63) is 59.9 Å². The molecule has 8 nitrogen and oxygen atoms in total. The molecule has 1 fully saturated rings. The van der Waals surface area contributed by atoms with E-state index >= 15 is 0 Å². The summed E-state index contributed by atoms with van der Waals surface area (Å²) < 4.78 is 18.0. The predicted molar refractivity (Wildman–Crippen MR) is 101 cm³/mol. The number of urea groups is 1. The van der Waals surface area contributed by atoms with E-state index < -0.39 is 35.5 Å². The number of ether oxygens (including phenoxy) is 1. The Bertz CT molecular complexity index is 986. The van der Waals surface area contributed by atoms with Gasteiger partial charge in [0.2, 0.25) is 5.91 Å². The number of aliphatic imine (C=N–C) groups is 1. The minimum Gasteiger partial charge on any atom is -0.462 e. The van der Waals surface area contributed by atoms with Gasteiger partial charge in [-0.15, -0.1) is 0 Å². The third-order valence-electron chi connectivity index (χ3n) is 4.04. The third kappa shape index (κ3) is 4.34. The normalized spacial score (nSPS) is 16.8. The highest BCUT2D eigenvalue weighted by Crippen LogP contribution is 2.21. The van der Waals surface area contributed by atoms with Crippen molar-refractivity contribution in [3.8, 4) is 0 Å². The summed E-state index contributed by atoms with van der Waals surface area (Å²) in [6.07, 6.45) is 1.11. The number of esters is 1. The predicted octanol–water partition coefficient (Wildman–Crippen LogP) is 2.60. The van der Waals surface area contributed by atoms with E-state index in [1.165, 1.54) is 36.4 Å². The molecule has 1 atom stereocenters. The van der Waals surface area contributed by atoms with Gasteiger partial charge in [-0.25, -0.2) is 18.9 Å². The molecule has 0 bridgehead atoms. The fourth-order valence-electron chi connectivity index (χ4n) is 2.62. The first-order valence-corrected chi connectivity index (χ1v) is 8.66. The second kappa shape index (κ2) is 8.42. The van der Waals surface area contributed by atoms with Crippen LogP contribution in [0.25, 0.3) is 0 Å². The number of imide groups is 2. The van der Waals surface area contributed by atoms with Gasteiger partial charge in [0.05, 0.1) is 23.5 Å². The van der Waals surface area contributed by atoms with E-state index in [2.05, 4.69) is 10.3 Å². The lowest BCUT2D eigenvalue weighted by atomic mass is 10.1. The average Bonchev–Trinajstić information content (AvgIpc) is 2.69. The molecule has 2 aromatic carbocycles. The fraction of sp³-hybridized carbons (Fsp3) is 0.150. The lowest BCUT2D eigenvalue weighted by Gasteiger charge is -2.28. The number of nitrogens with zero attached hydrogens (tertiary/aromatic N) is 2. The van der Waals surface area contributed by atoms with Crippen molar-refractivity contribution in [1.29, 1.82) is 0 Å². The molecular weight excluding hydrogens is 381 g/mol. The molecule has 2 aromatic rings. The van der Waals surface area contributed by atoms with E-state index in [-0.39, 0.29) is 12.3 Å². The first-order chi connectivity index (χ1) is 13.9. The van der Waals surface area contributed by atoms with Gasteiger partial charge in [0.1, 0.15) is 5.82 Å². The first kappa shape index (κ1) is 19.9. The minimum atomic E-state index is -1.34. The molecule has 0 radical (unpaired) electrons. The van der Waals surface area contributed by atoms with Crippen molar-refractivity contribution in [2.24, 2.45) is 10.9 Å². The number of carbonyl (C=O) groups excluding carboxylic acids is 4. The Labute approximate surface area is 165 Å². The highest BCUT2D eigenvalue weighted by atomic mass is 19.1. The highest BCUT2D eigenvalue weighted by molar-refractivity contribution is 6.32. The molecule has 0 spiro atoms. The molecule has 0 unspecified atom stereocenters. The summed E-state index contributed by atoms with van der Waals surface area (Å²) in [7, 11) is 0. The molecule has 9 heteroatoms. The zero-order valence-electron chi connectivity index (χ0n) is 15.3. The number of nitrogens with one attached hydrogen (secondary N) is 1. The lowest BCUT2D eigenvalue weighted by Crippen LogP contribution is -2.58. The summed E-state index contributed by atoms with van der Waals surface area (Å²) in [5.74, 6) is -3.97. The molecule has 29 heavy (non-hydrogen) atoms. The zero-order chi connectivity index (χ0) is 21.0. The van der Waals surface area contributed by atoms with Crippen molar-refractivity contribution in [2.45, 2.75) is 6.92 Å². The average molecular weight is 397 g/mol. The van der Waals surface area contributed by atoms with Crippen LogP contribution in [0.2, 0.25) is 0 Å². The lowest BCUT2D eigenvalue weighted by molar-refractivity contribution is -0.131. The molecule has 4 amide bonds. The quantitative estimate of drug-likeness (QED) is 0.474. The van der Waals surface area contributed by atoms with Crippen LogP contribution in [0.5, 0.6) is 0 Å². The smallest absolute Gasteiger partial charge is 0.338 e. The monoisotopic (exact) mass is 397 g/mol. The summed E-state index contributed by atoms with van der Waals surface area (Å²) in [5, 5.41) is 2.08. The molecule has 1 aliphatic heterocycles. The van der Waals surface area contributed by atoms with E-state index in [1.54, 1.807) is 6.92 Å². The Morgan fingerprint density at radius 2 is 1.79 bits per heavy atom.